The SMILES string of the molecule is O=C(NCC1Cc2ccccc2O1)c1cnc(Cl)cn1. The highest BCUT2D eigenvalue weighted by Gasteiger charge is 2.22. The lowest BCUT2D eigenvalue weighted by atomic mass is 10.1. The molecule has 0 aliphatic carbocycles. The van der Waals surface area contributed by atoms with Crippen molar-refractivity contribution in [1.82, 2.24) is 15.3 Å². The van der Waals surface area contributed by atoms with E-state index >= 15 is 0 Å². The molecule has 1 atom stereocenters. The van der Waals surface area contributed by atoms with Crippen molar-refractivity contribution >= 4 is 17.5 Å². The van der Waals surface area contributed by atoms with E-state index in [-0.39, 0.29) is 22.9 Å². The molecule has 2 heterocycles. The van der Waals surface area contributed by atoms with Crippen molar-refractivity contribution in [1.29, 1.82) is 0 Å². The second-order valence-electron chi connectivity index (χ2n) is 4.49. The third-order valence-corrected chi connectivity index (χ3v) is 3.25. The molecule has 5 nitrogen and oxygen atoms in total. The number of para-hydroxylation sites is 1. The number of ether oxygens (including phenoxy) is 1. The number of rotatable bonds is 3. The van der Waals surface area contributed by atoms with Gasteiger partial charge in [-0.05, 0) is 11.6 Å². The molecule has 0 spiro atoms. The zero-order valence-electron chi connectivity index (χ0n) is 10.5. The van der Waals surface area contributed by atoms with Gasteiger partial charge in [0, 0.05) is 6.42 Å². The fourth-order valence-corrected chi connectivity index (χ4v) is 2.19. The summed E-state index contributed by atoms with van der Waals surface area (Å²) >= 11 is 5.62. The lowest BCUT2D eigenvalue weighted by molar-refractivity contribution is 0.0928. The molecular weight excluding hydrogens is 278 g/mol. The van der Waals surface area contributed by atoms with E-state index in [0.29, 0.717) is 6.54 Å². The van der Waals surface area contributed by atoms with E-state index in [1.54, 1.807) is 0 Å². The third-order valence-electron chi connectivity index (χ3n) is 3.06. The number of hydrogen-bond donors (Lipinski definition) is 1. The number of hydrogen-bond acceptors (Lipinski definition) is 4. The van der Waals surface area contributed by atoms with Crippen LogP contribution < -0.4 is 10.1 Å². The number of fused-ring (bicyclic) bond motifs is 1. The summed E-state index contributed by atoms with van der Waals surface area (Å²) in [5, 5.41) is 3.05. The van der Waals surface area contributed by atoms with Crippen LogP contribution in [0.3, 0.4) is 0 Å². The minimum absolute atomic E-state index is 0.0448. The molecule has 102 valence electrons. The Morgan fingerprint density at radius 1 is 1.35 bits per heavy atom. The molecule has 1 aromatic heterocycles. The Hall–Kier alpha value is -2.14. The first-order valence-corrected chi connectivity index (χ1v) is 6.60. The second-order valence-corrected chi connectivity index (χ2v) is 4.87. The van der Waals surface area contributed by atoms with Gasteiger partial charge in [0.1, 0.15) is 22.7 Å². The smallest absolute Gasteiger partial charge is 0.271 e. The highest BCUT2D eigenvalue weighted by atomic mass is 35.5. The van der Waals surface area contributed by atoms with E-state index < -0.39 is 0 Å². The van der Waals surface area contributed by atoms with Crippen LogP contribution in [0.5, 0.6) is 5.75 Å². The largest absolute Gasteiger partial charge is 0.488 e. The number of carbonyl (C=O) groups excluding carboxylic acids is 1. The van der Waals surface area contributed by atoms with E-state index in [4.69, 9.17) is 16.3 Å². The van der Waals surface area contributed by atoms with Gasteiger partial charge in [0.05, 0.1) is 18.9 Å². The summed E-state index contributed by atoms with van der Waals surface area (Å²) in [7, 11) is 0. The maximum absolute atomic E-state index is 11.9. The van der Waals surface area contributed by atoms with Crippen LogP contribution in [-0.2, 0) is 6.42 Å². The first-order chi connectivity index (χ1) is 9.72. The van der Waals surface area contributed by atoms with Crippen LogP contribution in [0.15, 0.2) is 36.7 Å². The van der Waals surface area contributed by atoms with Crippen molar-refractivity contribution in [3.63, 3.8) is 0 Å². The van der Waals surface area contributed by atoms with Crippen molar-refractivity contribution in [2.24, 2.45) is 0 Å². The quantitative estimate of drug-likeness (QED) is 0.937. The van der Waals surface area contributed by atoms with E-state index in [9.17, 15) is 4.79 Å². The second kappa shape index (κ2) is 5.46. The van der Waals surface area contributed by atoms with Crippen molar-refractivity contribution < 1.29 is 9.53 Å². The standard InChI is InChI=1S/C14H12ClN3O2/c15-13-8-16-11(7-17-13)14(19)18-6-10-5-9-3-1-2-4-12(9)20-10/h1-4,7-8,10H,5-6H2,(H,18,19). The molecule has 0 fully saturated rings. The highest BCUT2D eigenvalue weighted by Crippen LogP contribution is 2.27. The summed E-state index contributed by atoms with van der Waals surface area (Å²) in [6, 6.07) is 7.87. The molecular formula is C14H12ClN3O2. The average molecular weight is 290 g/mol. The van der Waals surface area contributed by atoms with Crippen LogP contribution in [0.2, 0.25) is 5.15 Å². The molecule has 1 aromatic carbocycles. The molecule has 1 unspecified atom stereocenters. The van der Waals surface area contributed by atoms with Crippen molar-refractivity contribution in [2.45, 2.75) is 12.5 Å². The van der Waals surface area contributed by atoms with E-state index in [0.717, 1.165) is 17.7 Å². The van der Waals surface area contributed by atoms with Crippen molar-refractivity contribution in [3.8, 4) is 5.75 Å². The minimum atomic E-state index is -0.284. The van der Waals surface area contributed by atoms with Crippen LogP contribution in [0.1, 0.15) is 16.1 Å². The summed E-state index contributed by atoms with van der Waals surface area (Å²) in [6.45, 7) is 0.428. The maximum Gasteiger partial charge on any atom is 0.271 e. The van der Waals surface area contributed by atoms with E-state index in [1.165, 1.54) is 12.4 Å². The fraction of sp³-hybridized carbons (Fsp3) is 0.214. The van der Waals surface area contributed by atoms with Crippen molar-refractivity contribution in [2.75, 3.05) is 6.54 Å². The van der Waals surface area contributed by atoms with Gasteiger partial charge < -0.3 is 10.1 Å². The summed E-state index contributed by atoms with van der Waals surface area (Å²) in [5.41, 5.74) is 1.41. The van der Waals surface area contributed by atoms with E-state index in [2.05, 4.69) is 15.3 Å². The number of halogens is 1. The molecule has 20 heavy (non-hydrogen) atoms. The van der Waals surface area contributed by atoms with Gasteiger partial charge in [-0.25, -0.2) is 9.97 Å². The summed E-state index contributed by atoms with van der Waals surface area (Å²) in [4.78, 5) is 19.6. The number of amides is 1. The third kappa shape index (κ3) is 2.72. The van der Waals surface area contributed by atoms with Gasteiger partial charge in [0.25, 0.3) is 5.91 Å². The molecule has 1 aliphatic rings. The number of nitrogens with zero attached hydrogens (tertiary/aromatic N) is 2. The topological polar surface area (TPSA) is 64.1 Å². The molecule has 0 bridgehead atoms. The molecule has 1 N–H and O–H groups in total. The Balaban J connectivity index is 1.56. The number of benzene rings is 1. The minimum Gasteiger partial charge on any atom is -0.488 e. The van der Waals surface area contributed by atoms with Gasteiger partial charge in [-0.2, -0.15) is 0 Å². The molecule has 0 radical (unpaired) electrons. The van der Waals surface area contributed by atoms with Crippen molar-refractivity contribution in [3.05, 3.63) is 53.1 Å². The van der Waals surface area contributed by atoms with Crippen LogP contribution >= 0.6 is 11.6 Å². The number of carbonyl (C=O) groups is 1. The Bertz CT molecular complexity index is 606. The average Bonchev–Trinajstić information content (AvgIpc) is 2.88. The zero-order chi connectivity index (χ0) is 13.9. The van der Waals surface area contributed by atoms with Crippen LogP contribution in [0, 0.1) is 0 Å². The van der Waals surface area contributed by atoms with Gasteiger partial charge in [0.2, 0.25) is 0 Å². The van der Waals surface area contributed by atoms with Gasteiger partial charge in [-0.1, -0.05) is 29.8 Å². The van der Waals surface area contributed by atoms with Gasteiger partial charge in [-0.3, -0.25) is 4.79 Å². The number of aromatic nitrogens is 2. The molecule has 3 rings (SSSR count). The Labute approximate surface area is 121 Å². The molecule has 6 heteroatoms. The first-order valence-electron chi connectivity index (χ1n) is 6.22. The Morgan fingerprint density at radius 2 is 2.20 bits per heavy atom. The summed E-state index contributed by atoms with van der Waals surface area (Å²) < 4.78 is 5.74. The first kappa shape index (κ1) is 12.9. The summed E-state index contributed by atoms with van der Waals surface area (Å²) in [5.74, 6) is 0.603. The maximum atomic E-state index is 11.9. The fourth-order valence-electron chi connectivity index (χ4n) is 2.09. The van der Waals surface area contributed by atoms with E-state index in [1.807, 2.05) is 24.3 Å². The molecule has 0 saturated carbocycles. The summed E-state index contributed by atoms with van der Waals surface area (Å²) in [6.07, 6.45) is 3.44. The van der Waals surface area contributed by atoms with Crippen LogP contribution in [0.25, 0.3) is 0 Å². The monoisotopic (exact) mass is 289 g/mol. The van der Waals surface area contributed by atoms with Crippen LogP contribution in [0.4, 0.5) is 0 Å². The predicted octanol–water partition coefficient (Wildman–Crippen LogP) is 1.86. The Morgan fingerprint density at radius 3 is 2.95 bits per heavy atom. The molecule has 1 aliphatic heterocycles. The Kier molecular flexibility index (Phi) is 3.52. The van der Waals surface area contributed by atoms with Crippen LogP contribution in [-0.4, -0.2) is 28.5 Å². The normalized spacial score (nSPS) is 16.4. The predicted molar refractivity (Wildman–Crippen MR) is 73.9 cm³/mol. The zero-order valence-corrected chi connectivity index (χ0v) is 11.3. The van der Waals surface area contributed by atoms with Gasteiger partial charge in [-0.15, -0.1) is 0 Å². The van der Waals surface area contributed by atoms with Gasteiger partial charge >= 0.3 is 0 Å². The lowest BCUT2D eigenvalue weighted by Gasteiger charge is -2.11. The number of nitrogens with one attached hydrogen (secondary N) is 1. The highest BCUT2D eigenvalue weighted by molar-refractivity contribution is 6.29. The lowest BCUT2D eigenvalue weighted by Crippen LogP contribution is -2.34. The molecule has 2 aromatic rings. The van der Waals surface area contributed by atoms with Gasteiger partial charge in [0.15, 0.2) is 0 Å². The molecule has 1 amide bonds. The molecule has 0 saturated heterocycles.